The summed E-state index contributed by atoms with van der Waals surface area (Å²) in [6, 6.07) is -1.92. The number of rotatable bonds is 10. The molecule has 0 aromatic rings. The quantitative estimate of drug-likeness (QED) is 0.440. The average molecular weight is 398 g/mol. The molecule has 0 aliphatic heterocycles. The maximum Gasteiger partial charge on any atom is 0.326 e. The van der Waals surface area contributed by atoms with Crippen LogP contribution in [0, 0.1) is 5.92 Å². The van der Waals surface area contributed by atoms with Crippen LogP contribution in [0.3, 0.4) is 0 Å². The fourth-order valence-corrected chi connectivity index (χ4v) is 3.36. The molecule has 0 spiro atoms. The van der Waals surface area contributed by atoms with Crippen LogP contribution in [0.25, 0.3) is 0 Å². The molecule has 0 heterocycles. The molecule has 1 aliphatic rings. The molecule has 0 aromatic carbocycles. The fourth-order valence-electron chi connectivity index (χ4n) is 3.36. The van der Waals surface area contributed by atoms with Crippen LogP contribution in [-0.2, 0) is 19.1 Å². The molecule has 160 valence electrons. The van der Waals surface area contributed by atoms with Crippen molar-refractivity contribution in [1.82, 2.24) is 10.6 Å². The SMILES string of the molecule is CCC(CC)O[C@@H]1C=C(C(=O)N[C@H](CC(C)C)C(=O)O)C[C@H](N)[C@H]1NC(C)=O. The van der Waals surface area contributed by atoms with E-state index in [1.807, 2.05) is 27.7 Å². The van der Waals surface area contributed by atoms with E-state index >= 15 is 0 Å². The van der Waals surface area contributed by atoms with Crippen LogP contribution in [0.1, 0.15) is 60.3 Å². The second-order valence-corrected chi connectivity index (χ2v) is 7.82. The highest BCUT2D eigenvalue weighted by atomic mass is 16.5. The van der Waals surface area contributed by atoms with Gasteiger partial charge in [-0.3, -0.25) is 9.59 Å². The molecule has 8 heteroatoms. The van der Waals surface area contributed by atoms with E-state index in [0.717, 1.165) is 12.8 Å². The second-order valence-electron chi connectivity index (χ2n) is 7.82. The fraction of sp³-hybridized carbons (Fsp3) is 0.750. The zero-order valence-electron chi connectivity index (χ0n) is 17.5. The van der Waals surface area contributed by atoms with Gasteiger partial charge in [0, 0.05) is 18.5 Å². The van der Waals surface area contributed by atoms with E-state index in [4.69, 9.17) is 10.5 Å². The van der Waals surface area contributed by atoms with Gasteiger partial charge in [0.2, 0.25) is 11.8 Å². The van der Waals surface area contributed by atoms with Gasteiger partial charge in [0.15, 0.2) is 0 Å². The van der Waals surface area contributed by atoms with Gasteiger partial charge in [0.25, 0.3) is 0 Å². The monoisotopic (exact) mass is 397 g/mol. The van der Waals surface area contributed by atoms with E-state index in [2.05, 4.69) is 10.6 Å². The van der Waals surface area contributed by atoms with Gasteiger partial charge in [-0.1, -0.05) is 27.7 Å². The van der Waals surface area contributed by atoms with E-state index in [9.17, 15) is 19.5 Å². The highest BCUT2D eigenvalue weighted by Gasteiger charge is 2.36. The number of ether oxygens (including phenoxy) is 1. The Balaban J connectivity index is 3.05. The molecule has 0 bridgehead atoms. The number of carbonyl (C=O) groups excluding carboxylic acids is 2. The highest BCUT2D eigenvalue weighted by Crippen LogP contribution is 2.23. The Hall–Kier alpha value is -1.93. The van der Waals surface area contributed by atoms with Crippen LogP contribution >= 0.6 is 0 Å². The summed E-state index contributed by atoms with van der Waals surface area (Å²) in [4.78, 5) is 35.7. The van der Waals surface area contributed by atoms with Crippen molar-refractivity contribution in [1.29, 1.82) is 0 Å². The van der Waals surface area contributed by atoms with Crippen molar-refractivity contribution in [3.8, 4) is 0 Å². The van der Waals surface area contributed by atoms with Crippen molar-refractivity contribution >= 4 is 17.8 Å². The minimum atomic E-state index is -1.07. The molecule has 0 aromatic heterocycles. The third-order valence-electron chi connectivity index (χ3n) is 4.87. The molecular weight excluding hydrogens is 362 g/mol. The number of aliphatic carboxylic acids is 1. The van der Waals surface area contributed by atoms with E-state index in [1.165, 1.54) is 6.92 Å². The molecule has 8 nitrogen and oxygen atoms in total. The molecule has 5 N–H and O–H groups in total. The van der Waals surface area contributed by atoms with Crippen LogP contribution in [0.2, 0.25) is 0 Å². The van der Waals surface area contributed by atoms with Crippen LogP contribution < -0.4 is 16.4 Å². The number of carbonyl (C=O) groups is 3. The smallest absolute Gasteiger partial charge is 0.326 e. The first-order valence-corrected chi connectivity index (χ1v) is 10.0. The minimum Gasteiger partial charge on any atom is -0.480 e. The molecule has 0 unspecified atom stereocenters. The van der Waals surface area contributed by atoms with E-state index in [-0.39, 0.29) is 24.3 Å². The Morgan fingerprint density at radius 3 is 2.36 bits per heavy atom. The third kappa shape index (κ3) is 7.24. The Morgan fingerprint density at radius 1 is 1.29 bits per heavy atom. The lowest BCUT2D eigenvalue weighted by atomic mass is 9.87. The molecule has 1 rings (SSSR count). The van der Waals surface area contributed by atoms with Gasteiger partial charge in [-0.15, -0.1) is 0 Å². The van der Waals surface area contributed by atoms with Gasteiger partial charge in [-0.2, -0.15) is 0 Å². The van der Waals surface area contributed by atoms with Gasteiger partial charge in [-0.25, -0.2) is 4.79 Å². The molecule has 2 amide bonds. The molecule has 0 saturated carbocycles. The van der Waals surface area contributed by atoms with Gasteiger partial charge < -0.3 is 26.2 Å². The van der Waals surface area contributed by atoms with Crippen molar-refractivity contribution < 1.29 is 24.2 Å². The summed E-state index contributed by atoms with van der Waals surface area (Å²) >= 11 is 0. The maximum absolute atomic E-state index is 12.7. The molecule has 0 saturated heterocycles. The van der Waals surface area contributed by atoms with Gasteiger partial charge in [0.05, 0.1) is 18.2 Å². The first-order chi connectivity index (χ1) is 13.1. The number of hydrogen-bond donors (Lipinski definition) is 4. The zero-order valence-corrected chi connectivity index (χ0v) is 17.5. The zero-order chi connectivity index (χ0) is 21.4. The number of nitrogens with one attached hydrogen (secondary N) is 2. The Kier molecular flexibility index (Phi) is 9.61. The summed E-state index contributed by atoms with van der Waals surface area (Å²) in [5.74, 6) is -1.62. The normalized spacial score (nSPS) is 23.3. The largest absolute Gasteiger partial charge is 0.480 e. The third-order valence-corrected chi connectivity index (χ3v) is 4.87. The Labute approximate surface area is 167 Å². The highest BCUT2D eigenvalue weighted by molar-refractivity contribution is 5.96. The topological polar surface area (TPSA) is 131 Å². The Bertz CT molecular complexity index is 586. The van der Waals surface area contributed by atoms with E-state index in [0.29, 0.717) is 12.0 Å². The van der Waals surface area contributed by atoms with Crippen LogP contribution in [-0.4, -0.2) is 53.2 Å². The van der Waals surface area contributed by atoms with Crippen LogP contribution in [0.15, 0.2) is 11.6 Å². The van der Waals surface area contributed by atoms with Gasteiger partial charge in [-0.05, 0) is 37.7 Å². The van der Waals surface area contributed by atoms with Gasteiger partial charge >= 0.3 is 5.97 Å². The lowest BCUT2D eigenvalue weighted by Crippen LogP contribution is -2.57. The summed E-state index contributed by atoms with van der Waals surface area (Å²) < 4.78 is 6.10. The van der Waals surface area contributed by atoms with E-state index < -0.39 is 36.1 Å². The first kappa shape index (κ1) is 24.1. The summed E-state index contributed by atoms with van der Waals surface area (Å²) in [6.45, 7) is 9.22. The molecule has 1 aliphatic carbocycles. The average Bonchev–Trinajstić information content (AvgIpc) is 2.60. The second kappa shape index (κ2) is 11.2. The summed E-state index contributed by atoms with van der Waals surface area (Å²) in [7, 11) is 0. The van der Waals surface area contributed by atoms with Crippen molar-refractivity contribution in [2.24, 2.45) is 11.7 Å². The molecular formula is C20H35N3O5. The number of carboxylic acids is 1. The number of nitrogens with two attached hydrogens (primary N) is 1. The summed E-state index contributed by atoms with van der Waals surface area (Å²) in [6.07, 6.45) is 3.24. The predicted octanol–water partition coefficient (Wildman–Crippen LogP) is 1.34. The van der Waals surface area contributed by atoms with Crippen molar-refractivity contribution in [2.45, 2.75) is 90.6 Å². The van der Waals surface area contributed by atoms with Crippen LogP contribution in [0.5, 0.6) is 0 Å². The summed E-state index contributed by atoms with van der Waals surface area (Å²) in [5.41, 5.74) is 6.63. The molecule has 0 fully saturated rings. The first-order valence-electron chi connectivity index (χ1n) is 10.0. The van der Waals surface area contributed by atoms with Crippen molar-refractivity contribution in [3.63, 3.8) is 0 Å². The lowest BCUT2D eigenvalue weighted by molar-refractivity contribution is -0.141. The molecule has 28 heavy (non-hydrogen) atoms. The molecule has 0 radical (unpaired) electrons. The van der Waals surface area contributed by atoms with Crippen molar-refractivity contribution in [3.05, 3.63) is 11.6 Å². The number of carboxylic acid groups (broad SMARTS) is 1. The van der Waals surface area contributed by atoms with E-state index in [1.54, 1.807) is 6.08 Å². The summed E-state index contributed by atoms with van der Waals surface area (Å²) in [5, 5.41) is 14.8. The predicted molar refractivity (Wildman–Crippen MR) is 107 cm³/mol. The number of hydrogen-bond acceptors (Lipinski definition) is 5. The molecule has 4 atom stereocenters. The van der Waals surface area contributed by atoms with Crippen molar-refractivity contribution in [2.75, 3.05) is 0 Å². The lowest BCUT2D eigenvalue weighted by Gasteiger charge is -2.37. The van der Waals surface area contributed by atoms with Gasteiger partial charge in [0.1, 0.15) is 6.04 Å². The standard InChI is InChI=1S/C20H35N3O5/c1-6-14(7-2)28-17-10-13(9-15(21)18(17)22-12(5)24)19(25)23-16(20(26)27)8-11(3)4/h10-11,14-18H,6-9,21H2,1-5H3,(H,22,24)(H,23,25)(H,26,27)/t15-,16+,17+,18+/m0/s1. The minimum absolute atomic E-state index is 0.0279. The maximum atomic E-state index is 12.7. The van der Waals surface area contributed by atoms with Crippen LogP contribution in [0.4, 0.5) is 0 Å². The number of amides is 2. The Morgan fingerprint density at radius 2 is 1.89 bits per heavy atom.